The molecule has 6 aromatic rings. The Kier molecular flexibility index (Phi) is 11.3. The fraction of sp³-hybridized carbons (Fsp3) is 0.180. The Hall–Kier alpha value is -7.11. The van der Waals surface area contributed by atoms with Crippen molar-refractivity contribution in [3.8, 4) is 17.2 Å². The van der Waals surface area contributed by atoms with Gasteiger partial charge < -0.3 is 15.3 Å². The largest absolute Gasteiger partial charge is 0.481 e. The number of aromatic nitrogens is 2. The first-order chi connectivity index (χ1) is 28.4. The predicted molar refractivity (Wildman–Crippen MR) is 226 cm³/mol. The number of nitrogens with zero attached hydrogens (tertiary/aromatic N) is 4. The molecule has 4 aromatic carbocycles. The van der Waals surface area contributed by atoms with E-state index in [9.17, 15) is 14.9 Å². The first-order valence-electron chi connectivity index (χ1n) is 19.9. The number of pyridine rings is 2. The average molecular weight is 764 g/mol. The maximum absolute atomic E-state index is 13.2. The third kappa shape index (κ3) is 8.49. The second kappa shape index (κ2) is 17.4. The number of benzene rings is 4. The molecular weight excluding hydrogens is 719 g/mol. The highest BCUT2D eigenvalue weighted by Gasteiger charge is 2.42. The van der Waals surface area contributed by atoms with Crippen molar-refractivity contribution in [2.45, 2.75) is 50.7 Å². The van der Waals surface area contributed by atoms with Crippen molar-refractivity contribution >= 4 is 41.0 Å². The summed E-state index contributed by atoms with van der Waals surface area (Å²) in [5, 5.41) is 21.8. The fourth-order valence-electron chi connectivity index (χ4n) is 8.30. The molecule has 286 valence electrons. The molecule has 2 aliphatic rings. The quantitative estimate of drug-likeness (QED) is 0.0532. The van der Waals surface area contributed by atoms with Crippen molar-refractivity contribution in [3.05, 3.63) is 186 Å². The maximum Gasteiger partial charge on any atom is 0.309 e. The minimum Gasteiger partial charge on any atom is -0.481 e. The topological polar surface area (TPSA) is 101 Å². The van der Waals surface area contributed by atoms with Crippen LogP contribution < -0.4 is 19.4 Å². The van der Waals surface area contributed by atoms with E-state index in [0.29, 0.717) is 31.6 Å². The number of aryl methyl sites for hydroxylation is 1. The number of hydrogen-bond donors (Lipinski definition) is 2. The summed E-state index contributed by atoms with van der Waals surface area (Å²) in [6, 6.07) is 46.7. The number of aliphatic carboxylic acids is 1. The Balaban J connectivity index is 0.928. The summed E-state index contributed by atoms with van der Waals surface area (Å²) in [5.74, 6) is -0.813. The van der Waals surface area contributed by atoms with Crippen LogP contribution in [0.5, 0.6) is 0 Å². The smallest absolute Gasteiger partial charge is 0.309 e. The van der Waals surface area contributed by atoms with Gasteiger partial charge in [0.15, 0.2) is 37.9 Å². The molecule has 0 radical (unpaired) electrons. The normalized spacial score (nSPS) is 15.6. The van der Waals surface area contributed by atoms with Gasteiger partial charge in [-0.1, -0.05) is 85.3 Å². The molecular formula is C50H45N5O3+2. The molecule has 2 N–H and O–H groups in total. The molecule has 2 atom stereocenters. The number of carbonyl (C=O) groups is 2. The molecule has 1 aliphatic carbocycles. The van der Waals surface area contributed by atoms with E-state index in [1.165, 1.54) is 40.1 Å². The zero-order valence-electron chi connectivity index (χ0n) is 32.2. The fourth-order valence-corrected chi connectivity index (χ4v) is 8.30. The summed E-state index contributed by atoms with van der Waals surface area (Å²) in [6.45, 7) is 1.34. The highest BCUT2D eigenvalue weighted by molar-refractivity contribution is 6.01. The predicted octanol–water partition coefficient (Wildman–Crippen LogP) is 8.50. The van der Waals surface area contributed by atoms with Gasteiger partial charge >= 0.3 is 5.97 Å². The van der Waals surface area contributed by atoms with Crippen LogP contribution in [0.25, 0.3) is 28.9 Å². The summed E-state index contributed by atoms with van der Waals surface area (Å²) >= 11 is 0. The van der Waals surface area contributed by atoms with E-state index in [2.05, 4.69) is 107 Å². The van der Waals surface area contributed by atoms with Gasteiger partial charge in [-0.2, -0.15) is 5.26 Å². The lowest BCUT2D eigenvalue weighted by atomic mass is 9.95. The van der Waals surface area contributed by atoms with E-state index >= 15 is 0 Å². The number of nitrogens with one attached hydrogen (secondary N) is 1. The molecule has 0 spiro atoms. The standard InChI is InChI=1S/C50H43N5O3/c51-35-42(50(58)52-25-31-54-28-22-39(23-29-54)38-20-26-53(27-21-38)30-24-49(56)57)32-37-16-19-48-46(34-37)44-12-7-13-47(44)55(48)43-17-14-36(15-18-43)33-45(40-8-3-1-4-9-40)41-10-5-2-6-11-41/h1-6,8-11,14-23,26-29,32-34,44,47H,7,12-13,24-25,30-31H2/p+2. The van der Waals surface area contributed by atoms with Crippen LogP contribution in [-0.4, -0.2) is 29.6 Å². The van der Waals surface area contributed by atoms with Gasteiger partial charge in [-0.15, -0.1) is 0 Å². The number of amides is 1. The monoisotopic (exact) mass is 763 g/mol. The number of anilines is 2. The lowest BCUT2D eigenvalue weighted by Gasteiger charge is -2.27. The summed E-state index contributed by atoms with van der Waals surface area (Å²) in [7, 11) is 0. The van der Waals surface area contributed by atoms with Crippen molar-refractivity contribution < 1.29 is 23.8 Å². The Bertz CT molecular complexity index is 2470. The van der Waals surface area contributed by atoms with Crippen LogP contribution >= 0.6 is 0 Å². The van der Waals surface area contributed by atoms with Gasteiger partial charge in [0.25, 0.3) is 5.91 Å². The van der Waals surface area contributed by atoms with E-state index in [1.807, 2.05) is 76.4 Å². The third-order valence-corrected chi connectivity index (χ3v) is 11.2. The van der Waals surface area contributed by atoms with Crippen LogP contribution in [0, 0.1) is 11.3 Å². The number of fused-ring (bicyclic) bond motifs is 3. The van der Waals surface area contributed by atoms with Crippen LogP contribution in [0.1, 0.15) is 59.4 Å². The molecule has 1 saturated carbocycles. The van der Waals surface area contributed by atoms with Crippen LogP contribution in [0.15, 0.2) is 158 Å². The van der Waals surface area contributed by atoms with Gasteiger partial charge in [-0.05, 0) is 93.8 Å². The van der Waals surface area contributed by atoms with E-state index in [0.717, 1.165) is 35.1 Å². The van der Waals surface area contributed by atoms with Gasteiger partial charge in [-0.25, -0.2) is 9.13 Å². The molecule has 2 aromatic heterocycles. The minimum absolute atomic E-state index is 0.0772. The third-order valence-electron chi connectivity index (χ3n) is 11.2. The Labute approximate surface area is 339 Å². The Morgan fingerprint density at radius 2 is 1.34 bits per heavy atom. The number of carboxylic acid groups (broad SMARTS) is 1. The van der Waals surface area contributed by atoms with E-state index in [-0.39, 0.29) is 12.0 Å². The second-order valence-electron chi connectivity index (χ2n) is 14.9. The van der Waals surface area contributed by atoms with Crippen LogP contribution in [0.4, 0.5) is 11.4 Å². The van der Waals surface area contributed by atoms with Crippen LogP contribution in [-0.2, 0) is 22.7 Å². The van der Waals surface area contributed by atoms with E-state index < -0.39 is 11.9 Å². The number of carboxylic acids is 1. The Morgan fingerprint density at radius 1 is 0.741 bits per heavy atom. The Morgan fingerprint density at radius 3 is 1.95 bits per heavy atom. The van der Waals surface area contributed by atoms with Crippen molar-refractivity contribution in [1.29, 1.82) is 5.26 Å². The number of nitriles is 1. The number of rotatable bonds is 13. The zero-order valence-corrected chi connectivity index (χ0v) is 32.2. The molecule has 1 fully saturated rings. The van der Waals surface area contributed by atoms with Crippen LogP contribution in [0.3, 0.4) is 0 Å². The van der Waals surface area contributed by atoms with Gasteiger partial charge in [0, 0.05) is 47.6 Å². The lowest BCUT2D eigenvalue weighted by Crippen LogP contribution is -2.40. The van der Waals surface area contributed by atoms with Crippen molar-refractivity contribution in [2.24, 2.45) is 0 Å². The van der Waals surface area contributed by atoms with Gasteiger partial charge in [0.1, 0.15) is 18.1 Å². The number of hydrogen-bond acceptors (Lipinski definition) is 4. The average Bonchev–Trinajstić information content (AvgIpc) is 3.86. The molecule has 58 heavy (non-hydrogen) atoms. The van der Waals surface area contributed by atoms with Gasteiger partial charge in [0.2, 0.25) is 0 Å². The second-order valence-corrected chi connectivity index (χ2v) is 14.9. The molecule has 8 rings (SSSR count). The minimum atomic E-state index is -0.821. The zero-order chi connectivity index (χ0) is 39.8. The SMILES string of the molecule is N#CC(=Cc1ccc2c(c1)C1CCCC1N2c1ccc(C=C(c2ccccc2)c2ccccc2)cc1)C(=O)NCC[n+]1ccc(-c2cc[n+](CCC(=O)O)cc2)cc1. The van der Waals surface area contributed by atoms with Crippen LogP contribution in [0.2, 0.25) is 0 Å². The van der Waals surface area contributed by atoms with E-state index in [1.54, 1.807) is 6.08 Å². The maximum atomic E-state index is 13.2. The first-order valence-corrected chi connectivity index (χ1v) is 19.9. The highest BCUT2D eigenvalue weighted by Crippen LogP contribution is 2.52. The molecule has 8 heteroatoms. The first kappa shape index (κ1) is 37.8. The molecule has 0 saturated heterocycles. The summed E-state index contributed by atoms with van der Waals surface area (Å²) in [6.07, 6.45) is 15.1. The van der Waals surface area contributed by atoms with Gasteiger partial charge in [-0.3, -0.25) is 9.59 Å². The van der Waals surface area contributed by atoms with Crippen molar-refractivity contribution in [2.75, 3.05) is 11.4 Å². The molecule has 3 heterocycles. The molecule has 2 unspecified atom stereocenters. The molecule has 8 nitrogen and oxygen atoms in total. The van der Waals surface area contributed by atoms with E-state index in [4.69, 9.17) is 5.11 Å². The van der Waals surface area contributed by atoms with Crippen molar-refractivity contribution in [3.63, 3.8) is 0 Å². The highest BCUT2D eigenvalue weighted by atomic mass is 16.4. The molecule has 1 aliphatic heterocycles. The summed E-state index contributed by atoms with van der Waals surface area (Å²) in [5.41, 5.74) is 11.3. The van der Waals surface area contributed by atoms with Gasteiger partial charge in [0.05, 0.1) is 6.54 Å². The summed E-state index contributed by atoms with van der Waals surface area (Å²) < 4.78 is 3.83. The van der Waals surface area contributed by atoms with Crippen molar-refractivity contribution in [1.82, 2.24) is 5.32 Å². The molecule has 0 bridgehead atoms. The number of carbonyl (C=O) groups excluding carboxylic acids is 1. The molecule has 1 amide bonds. The summed E-state index contributed by atoms with van der Waals surface area (Å²) in [4.78, 5) is 26.5. The lowest BCUT2D eigenvalue weighted by molar-refractivity contribution is -0.696.